The second kappa shape index (κ2) is 11.0. The molecule has 2 heterocycles. The van der Waals surface area contributed by atoms with Gasteiger partial charge in [-0.1, -0.05) is 13.3 Å². The van der Waals surface area contributed by atoms with E-state index < -0.39 is 0 Å². The van der Waals surface area contributed by atoms with E-state index in [0.29, 0.717) is 44.8 Å². The summed E-state index contributed by atoms with van der Waals surface area (Å²) in [5, 5.41) is 2.98. The van der Waals surface area contributed by atoms with E-state index in [2.05, 4.69) is 17.2 Å². The monoisotopic (exact) mass is 405 g/mol. The van der Waals surface area contributed by atoms with E-state index in [4.69, 9.17) is 4.74 Å². The molecule has 1 atom stereocenters. The number of amides is 2. The summed E-state index contributed by atoms with van der Waals surface area (Å²) >= 11 is 0. The molecule has 29 heavy (non-hydrogen) atoms. The van der Waals surface area contributed by atoms with E-state index in [1.54, 1.807) is 6.92 Å². The third-order valence-corrected chi connectivity index (χ3v) is 5.64. The molecule has 2 rings (SSSR count). The van der Waals surface area contributed by atoms with Crippen molar-refractivity contribution < 1.29 is 19.1 Å². The molecular formula is C22H35N3O4. The molecule has 1 aromatic heterocycles. The summed E-state index contributed by atoms with van der Waals surface area (Å²) in [6.07, 6.45) is 4.64. The summed E-state index contributed by atoms with van der Waals surface area (Å²) in [6, 6.07) is 0. The summed E-state index contributed by atoms with van der Waals surface area (Å²) < 4.78 is 5.08. The van der Waals surface area contributed by atoms with Crippen LogP contribution >= 0.6 is 0 Å². The number of piperidine rings is 1. The third-order valence-electron chi connectivity index (χ3n) is 5.64. The number of likely N-dealkylation sites (tertiary alicyclic amines) is 1. The van der Waals surface area contributed by atoms with Gasteiger partial charge < -0.3 is 19.9 Å². The quantitative estimate of drug-likeness (QED) is 0.488. The lowest BCUT2D eigenvalue weighted by molar-refractivity contribution is -0.135. The molecule has 1 aliphatic rings. The van der Waals surface area contributed by atoms with E-state index in [1.807, 2.05) is 18.7 Å². The summed E-state index contributed by atoms with van der Waals surface area (Å²) in [5.41, 5.74) is 3.20. The lowest BCUT2D eigenvalue weighted by Crippen LogP contribution is -2.45. The van der Waals surface area contributed by atoms with Gasteiger partial charge >= 0.3 is 5.97 Å². The Bertz CT molecular complexity index is 726. The number of hydrogen-bond acceptors (Lipinski definition) is 4. The number of nitrogens with one attached hydrogen (secondary N) is 2. The van der Waals surface area contributed by atoms with Gasteiger partial charge in [-0.25, -0.2) is 4.79 Å². The SMILES string of the molecule is CCCCNC(=O)C1CCCN(C(=O)CCc2c(C)[nH]c(C(=O)OCC)c2C)C1. The van der Waals surface area contributed by atoms with Gasteiger partial charge in [0.15, 0.2) is 0 Å². The van der Waals surface area contributed by atoms with Crippen LogP contribution in [0.1, 0.15) is 73.3 Å². The average Bonchev–Trinajstić information content (AvgIpc) is 3.00. The van der Waals surface area contributed by atoms with Crippen LogP contribution in [0.15, 0.2) is 0 Å². The molecule has 0 bridgehead atoms. The number of carbonyl (C=O) groups excluding carboxylic acids is 3. The Kier molecular flexibility index (Phi) is 8.73. The zero-order valence-electron chi connectivity index (χ0n) is 18.2. The van der Waals surface area contributed by atoms with Crippen LogP contribution in [0.25, 0.3) is 0 Å². The number of ether oxygens (including phenoxy) is 1. The molecular weight excluding hydrogens is 370 g/mol. The Morgan fingerprint density at radius 2 is 2.00 bits per heavy atom. The molecule has 1 fully saturated rings. The number of unbranched alkanes of at least 4 members (excludes halogenated alkanes) is 1. The first-order chi connectivity index (χ1) is 13.9. The van der Waals surface area contributed by atoms with Crippen molar-refractivity contribution in [2.24, 2.45) is 5.92 Å². The Balaban J connectivity index is 1.92. The van der Waals surface area contributed by atoms with Crippen LogP contribution in [-0.2, 0) is 20.7 Å². The normalized spacial score (nSPS) is 16.6. The Morgan fingerprint density at radius 1 is 1.24 bits per heavy atom. The molecule has 2 amide bonds. The molecule has 1 aromatic rings. The van der Waals surface area contributed by atoms with Crippen molar-refractivity contribution in [3.05, 3.63) is 22.5 Å². The largest absolute Gasteiger partial charge is 0.461 e. The highest BCUT2D eigenvalue weighted by molar-refractivity contribution is 5.90. The molecule has 0 aliphatic carbocycles. The van der Waals surface area contributed by atoms with E-state index in [1.165, 1.54) is 0 Å². The predicted octanol–water partition coefficient (Wildman–Crippen LogP) is 2.90. The van der Waals surface area contributed by atoms with Crippen LogP contribution < -0.4 is 5.32 Å². The number of esters is 1. The first kappa shape index (κ1) is 23.0. The molecule has 0 aromatic carbocycles. The van der Waals surface area contributed by atoms with Gasteiger partial charge in [-0.3, -0.25) is 9.59 Å². The van der Waals surface area contributed by atoms with E-state index >= 15 is 0 Å². The van der Waals surface area contributed by atoms with Gasteiger partial charge in [-0.15, -0.1) is 0 Å². The highest BCUT2D eigenvalue weighted by Gasteiger charge is 2.28. The van der Waals surface area contributed by atoms with Crippen LogP contribution in [-0.4, -0.2) is 53.9 Å². The molecule has 0 spiro atoms. The molecule has 2 N–H and O–H groups in total. The fraction of sp³-hybridized carbons (Fsp3) is 0.682. The maximum Gasteiger partial charge on any atom is 0.355 e. The second-order valence-electron chi connectivity index (χ2n) is 7.77. The fourth-order valence-electron chi connectivity index (χ4n) is 3.91. The van der Waals surface area contributed by atoms with Crippen LogP contribution in [0.3, 0.4) is 0 Å². The Morgan fingerprint density at radius 3 is 2.69 bits per heavy atom. The fourth-order valence-corrected chi connectivity index (χ4v) is 3.91. The van der Waals surface area contributed by atoms with Gasteiger partial charge in [-0.2, -0.15) is 0 Å². The number of nitrogens with zero attached hydrogens (tertiary/aromatic N) is 1. The minimum absolute atomic E-state index is 0.0624. The van der Waals surface area contributed by atoms with Crippen molar-refractivity contribution in [3.63, 3.8) is 0 Å². The number of hydrogen-bond donors (Lipinski definition) is 2. The number of rotatable bonds is 9. The molecule has 7 nitrogen and oxygen atoms in total. The lowest BCUT2D eigenvalue weighted by atomic mass is 9.96. The topological polar surface area (TPSA) is 91.5 Å². The first-order valence-electron chi connectivity index (χ1n) is 10.8. The zero-order chi connectivity index (χ0) is 21.4. The molecule has 1 aliphatic heterocycles. The number of carbonyl (C=O) groups is 3. The van der Waals surface area contributed by atoms with Crippen molar-refractivity contribution in [2.75, 3.05) is 26.2 Å². The van der Waals surface area contributed by atoms with Gasteiger partial charge in [0.25, 0.3) is 0 Å². The molecule has 0 saturated carbocycles. The smallest absolute Gasteiger partial charge is 0.355 e. The summed E-state index contributed by atoms with van der Waals surface area (Å²) in [5.74, 6) is -0.351. The summed E-state index contributed by atoms with van der Waals surface area (Å²) in [6.45, 7) is 9.89. The van der Waals surface area contributed by atoms with Crippen LogP contribution in [0.4, 0.5) is 0 Å². The highest BCUT2D eigenvalue weighted by atomic mass is 16.5. The van der Waals surface area contributed by atoms with Gasteiger partial charge in [0.1, 0.15) is 5.69 Å². The number of aryl methyl sites for hydroxylation is 1. The number of H-pyrrole nitrogens is 1. The first-order valence-corrected chi connectivity index (χ1v) is 10.8. The maximum absolute atomic E-state index is 12.8. The summed E-state index contributed by atoms with van der Waals surface area (Å²) in [7, 11) is 0. The Labute approximate surface area is 173 Å². The molecule has 0 radical (unpaired) electrons. The maximum atomic E-state index is 12.8. The van der Waals surface area contributed by atoms with Crippen molar-refractivity contribution >= 4 is 17.8 Å². The average molecular weight is 406 g/mol. The highest BCUT2D eigenvalue weighted by Crippen LogP contribution is 2.22. The van der Waals surface area contributed by atoms with Crippen molar-refractivity contribution in [2.45, 2.75) is 66.2 Å². The standard InChI is InChI=1S/C22H35N3O4/c1-5-7-12-23-21(27)17-9-8-13-25(14-17)19(26)11-10-18-15(3)20(24-16(18)4)22(28)29-6-2/h17,24H,5-14H2,1-4H3,(H,23,27). The zero-order valence-corrected chi connectivity index (χ0v) is 18.2. The van der Waals surface area contributed by atoms with Gasteiger partial charge in [0.05, 0.1) is 12.5 Å². The summed E-state index contributed by atoms with van der Waals surface area (Å²) in [4.78, 5) is 42.0. The molecule has 7 heteroatoms. The molecule has 1 saturated heterocycles. The van der Waals surface area contributed by atoms with Gasteiger partial charge in [0.2, 0.25) is 11.8 Å². The predicted molar refractivity (Wildman–Crippen MR) is 112 cm³/mol. The minimum Gasteiger partial charge on any atom is -0.461 e. The van der Waals surface area contributed by atoms with Crippen molar-refractivity contribution in [1.82, 2.24) is 15.2 Å². The van der Waals surface area contributed by atoms with Crippen LogP contribution in [0.5, 0.6) is 0 Å². The lowest BCUT2D eigenvalue weighted by Gasteiger charge is -2.32. The Hall–Kier alpha value is -2.31. The van der Waals surface area contributed by atoms with E-state index in [-0.39, 0.29) is 23.7 Å². The molecule has 162 valence electrons. The number of aromatic amines is 1. The van der Waals surface area contributed by atoms with E-state index in [9.17, 15) is 14.4 Å². The van der Waals surface area contributed by atoms with Gasteiger partial charge in [-0.05, 0) is 57.6 Å². The second-order valence-corrected chi connectivity index (χ2v) is 7.77. The van der Waals surface area contributed by atoms with Crippen molar-refractivity contribution in [3.8, 4) is 0 Å². The van der Waals surface area contributed by atoms with Crippen molar-refractivity contribution in [1.29, 1.82) is 0 Å². The number of aromatic nitrogens is 1. The van der Waals surface area contributed by atoms with Gasteiger partial charge in [0, 0.05) is 31.7 Å². The van der Waals surface area contributed by atoms with E-state index in [0.717, 1.165) is 42.5 Å². The third kappa shape index (κ3) is 6.08. The molecule has 1 unspecified atom stereocenters. The van der Waals surface area contributed by atoms with Crippen LogP contribution in [0, 0.1) is 19.8 Å². The minimum atomic E-state index is -0.362. The van der Waals surface area contributed by atoms with Crippen LogP contribution in [0.2, 0.25) is 0 Å².